The Bertz CT molecular complexity index is 1020. The average molecular weight is 601 g/mol. The van der Waals surface area contributed by atoms with E-state index in [1.807, 2.05) is 43.3 Å². The number of ether oxygens (including phenoxy) is 2. The maximum absolute atomic E-state index is 12.0. The van der Waals surface area contributed by atoms with Gasteiger partial charge in [-0.15, -0.1) is 11.6 Å². The number of carbonyl (C=O) groups is 1. The van der Waals surface area contributed by atoms with Crippen LogP contribution in [0.2, 0.25) is 0 Å². The third kappa shape index (κ3) is 13.1. The Balaban J connectivity index is 0.000000255. The summed E-state index contributed by atoms with van der Waals surface area (Å²) < 4.78 is 10.9. The molecule has 0 aliphatic heterocycles. The summed E-state index contributed by atoms with van der Waals surface area (Å²) in [5.41, 5.74) is 4.65. The molecule has 6 atom stereocenters. The number of aliphatic hydroxyl groups excluding tert-OH is 1. The van der Waals surface area contributed by atoms with Crippen LogP contribution in [0.4, 0.5) is 4.79 Å². The minimum Gasteiger partial charge on any atom is -0.431 e. The van der Waals surface area contributed by atoms with Crippen molar-refractivity contribution < 1.29 is 19.4 Å². The fourth-order valence-corrected chi connectivity index (χ4v) is 6.24. The van der Waals surface area contributed by atoms with E-state index >= 15 is 0 Å². The summed E-state index contributed by atoms with van der Waals surface area (Å²) in [7, 11) is 0. The number of hydrogen-bond acceptors (Lipinski definition) is 4. The second-order valence-corrected chi connectivity index (χ2v) is 13.8. The maximum atomic E-state index is 12.0. The Morgan fingerprint density at radius 1 is 0.786 bits per heavy atom. The first-order valence-corrected chi connectivity index (χ1v) is 16.6. The van der Waals surface area contributed by atoms with Crippen LogP contribution in [-0.4, -0.2) is 23.5 Å². The van der Waals surface area contributed by atoms with Gasteiger partial charge < -0.3 is 14.6 Å². The summed E-state index contributed by atoms with van der Waals surface area (Å²) in [5.74, 6) is 4.15. The lowest BCUT2D eigenvalue weighted by Gasteiger charge is -2.36. The zero-order chi connectivity index (χ0) is 31.2. The largest absolute Gasteiger partial charge is 0.508 e. The van der Waals surface area contributed by atoms with E-state index in [2.05, 4.69) is 60.6 Å². The predicted molar refractivity (Wildman–Crippen MR) is 176 cm³/mol. The molecule has 0 amide bonds. The maximum Gasteiger partial charge on any atom is 0.508 e. The van der Waals surface area contributed by atoms with E-state index in [4.69, 9.17) is 21.1 Å². The van der Waals surface area contributed by atoms with Crippen LogP contribution in [0.15, 0.2) is 48.5 Å². The van der Waals surface area contributed by atoms with Crippen LogP contribution < -0.4 is 0 Å². The Morgan fingerprint density at radius 2 is 1.26 bits per heavy atom. The van der Waals surface area contributed by atoms with Gasteiger partial charge in [-0.2, -0.15) is 0 Å². The fraction of sp³-hybridized carbons (Fsp3) is 0.649. The first-order valence-electron chi connectivity index (χ1n) is 16.1. The summed E-state index contributed by atoms with van der Waals surface area (Å²) in [6.45, 7) is 17.7. The van der Waals surface area contributed by atoms with Crippen molar-refractivity contribution in [2.45, 2.75) is 119 Å². The fourth-order valence-electron chi connectivity index (χ4n) is 6.06. The van der Waals surface area contributed by atoms with Crippen molar-refractivity contribution in [3.8, 4) is 0 Å². The SMILES string of the molecule is CC(C)[C@@H]1CC[C@@H](C)C[C@H]1O.Cc1ccc(CCl)cc1.Cc1ccc(COC(=O)O[C@@H]2C[C@H](C)CC[C@H]2C(C)C)cc1. The molecule has 2 fully saturated rings. The monoisotopic (exact) mass is 600 g/mol. The third-order valence-electron chi connectivity index (χ3n) is 8.95. The molecule has 2 aliphatic rings. The Kier molecular flexibility index (Phi) is 16.0. The summed E-state index contributed by atoms with van der Waals surface area (Å²) in [6, 6.07) is 16.2. The van der Waals surface area contributed by atoms with Crippen LogP contribution in [0.25, 0.3) is 0 Å². The predicted octanol–water partition coefficient (Wildman–Crippen LogP) is 10.3. The zero-order valence-electron chi connectivity index (χ0n) is 27.4. The van der Waals surface area contributed by atoms with E-state index in [1.165, 1.54) is 36.0 Å². The number of aryl methyl sites for hydroxylation is 2. The molecule has 42 heavy (non-hydrogen) atoms. The van der Waals surface area contributed by atoms with Gasteiger partial charge in [0.2, 0.25) is 0 Å². The second kappa shape index (κ2) is 18.6. The molecule has 0 bridgehead atoms. The number of aliphatic hydroxyl groups is 1. The summed E-state index contributed by atoms with van der Waals surface area (Å²) in [4.78, 5) is 12.0. The summed E-state index contributed by atoms with van der Waals surface area (Å²) in [5, 5.41) is 9.71. The first kappa shape index (κ1) is 36.2. The zero-order valence-corrected chi connectivity index (χ0v) is 28.2. The quantitative estimate of drug-likeness (QED) is 0.265. The molecule has 2 aromatic carbocycles. The molecular weight excluding hydrogens is 544 g/mol. The van der Waals surface area contributed by atoms with Crippen molar-refractivity contribution >= 4 is 17.8 Å². The molecule has 0 unspecified atom stereocenters. The number of hydrogen-bond donors (Lipinski definition) is 1. The van der Waals surface area contributed by atoms with Gasteiger partial charge in [0.15, 0.2) is 0 Å². The molecule has 0 aromatic heterocycles. The topological polar surface area (TPSA) is 55.8 Å². The van der Waals surface area contributed by atoms with Gasteiger partial charge in [0, 0.05) is 5.88 Å². The van der Waals surface area contributed by atoms with Crippen LogP contribution in [0.5, 0.6) is 0 Å². The van der Waals surface area contributed by atoms with Crippen LogP contribution in [0.1, 0.15) is 102 Å². The van der Waals surface area contributed by atoms with Gasteiger partial charge in [-0.25, -0.2) is 4.79 Å². The lowest BCUT2D eigenvalue weighted by atomic mass is 9.75. The van der Waals surface area contributed by atoms with Crippen LogP contribution in [0.3, 0.4) is 0 Å². The molecule has 1 N–H and O–H groups in total. The Morgan fingerprint density at radius 3 is 1.74 bits per heavy atom. The minimum atomic E-state index is -0.537. The van der Waals surface area contributed by atoms with Crippen molar-refractivity contribution in [3.05, 3.63) is 70.8 Å². The van der Waals surface area contributed by atoms with Gasteiger partial charge >= 0.3 is 6.16 Å². The van der Waals surface area contributed by atoms with E-state index in [0.29, 0.717) is 35.5 Å². The highest BCUT2D eigenvalue weighted by molar-refractivity contribution is 6.17. The van der Waals surface area contributed by atoms with Gasteiger partial charge in [0.25, 0.3) is 0 Å². The van der Waals surface area contributed by atoms with Crippen molar-refractivity contribution in [1.82, 2.24) is 0 Å². The molecule has 0 radical (unpaired) electrons. The van der Waals surface area contributed by atoms with Crippen molar-refractivity contribution in [2.24, 2.45) is 35.5 Å². The molecule has 4 nitrogen and oxygen atoms in total. The molecule has 0 spiro atoms. The Labute approximate surface area is 261 Å². The molecule has 236 valence electrons. The average Bonchev–Trinajstić information content (AvgIpc) is 2.93. The normalized spacial score (nSPS) is 25.5. The van der Waals surface area contributed by atoms with Crippen LogP contribution >= 0.6 is 11.6 Å². The summed E-state index contributed by atoms with van der Waals surface area (Å²) >= 11 is 5.58. The molecule has 4 rings (SSSR count). The molecular formula is C37H57ClO4. The van der Waals surface area contributed by atoms with E-state index in [9.17, 15) is 9.90 Å². The Hall–Kier alpha value is -2.04. The molecule has 5 heteroatoms. The third-order valence-corrected chi connectivity index (χ3v) is 9.26. The number of benzene rings is 2. The van der Waals surface area contributed by atoms with Gasteiger partial charge in [-0.05, 0) is 86.2 Å². The number of alkyl halides is 1. The van der Waals surface area contributed by atoms with Crippen molar-refractivity contribution in [3.63, 3.8) is 0 Å². The number of halogens is 1. The van der Waals surface area contributed by atoms with E-state index in [1.54, 1.807) is 0 Å². The van der Waals surface area contributed by atoms with E-state index in [-0.39, 0.29) is 18.8 Å². The van der Waals surface area contributed by atoms with Gasteiger partial charge in [0.05, 0.1) is 6.10 Å². The highest BCUT2D eigenvalue weighted by Crippen LogP contribution is 2.35. The van der Waals surface area contributed by atoms with Crippen molar-refractivity contribution in [2.75, 3.05) is 0 Å². The smallest absolute Gasteiger partial charge is 0.431 e. The molecule has 2 saturated carbocycles. The van der Waals surface area contributed by atoms with Crippen molar-refractivity contribution in [1.29, 1.82) is 0 Å². The van der Waals surface area contributed by atoms with Gasteiger partial charge in [-0.3, -0.25) is 0 Å². The standard InChI is InChI=1S/C19H28O3.C10H20O.C8H9Cl/c1-13(2)17-10-7-15(4)11-18(17)22-19(20)21-12-16-8-5-14(3)6-9-16;1-7(2)9-5-4-8(3)6-10(9)11;1-7-2-4-8(6-9)5-3-7/h5-6,8-9,13,15,17-18H,7,10-12H2,1-4H3;7-11H,4-6H2,1-3H3;2-5H,6H2,1H3/t15-,17+,18-;8-,9+,10-;/m11./s1. The van der Waals surface area contributed by atoms with Crippen LogP contribution in [0, 0.1) is 49.4 Å². The molecule has 0 saturated heterocycles. The number of carbonyl (C=O) groups excluding carboxylic acids is 1. The summed E-state index contributed by atoms with van der Waals surface area (Å²) in [6.07, 6.45) is 6.28. The molecule has 0 heterocycles. The van der Waals surface area contributed by atoms with Gasteiger partial charge in [0.1, 0.15) is 12.7 Å². The minimum absolute atomic E-state index is 0.00531. The molecule has 2 aliphatic carbocycles. The van der Waals surface area contributed by atoms with Gasteiger partial charge in [-0.1, -0.05) is 114 Å². The highest BCUT2D eigenvalue weighted by atomic mass is 35.5. The second-order valence-electron chi connectivity index (χ2n) is 13.5. The van der Waals surface area contributed by atoms with Crippen LogP contribution in [-0.2, 0) is 22.0 Å². The lowest BCUT2D eigenvalue weighted by Crippen LogP contribution is -2.36. The molecule has 2 aromatic rings. The number of rotatable bonds is 6. The highest BCUT2D eigenvalue weighted by Gasteiger charge is 2.34. The van der Waals surface area contributed by atoms with E-state index < -0.39 is 6.16 Å². The van der Waals surface area contributed by atoms with E-state index in [0.717, 1.165) is 30.7 Å². The lowest BCUT2D eigenvalue weighted by molar-refractivity contribution is -0.0343. The first-order chi connectivity index (χ1) is 19.9.